The van der Waals surface area contributed by atoms with Crippen LogP contribution in [0.5, 0.6) is 0 Å². The van der Waals surface area contributed by atoms with Crippen molar-refractivity contribution in [3.05, 3.63) is 24.0 Å². The van der Waals surface area contributed by atoms with Crippen LogP contribution >= 0.6 is 0 Å². The zero-order valence-corrected chi connectivity index (χ0v) is 8.05. The van der Waals surface area contributed by atoms with Crippen molar-refractivity contribution < 1.29 is 9.59 Å². The lowest BCUT2D eigenvalue weighted by Crippen LogP contribution is -2.31. The zero-order chi connectivity index (χ0) is 10.1. The van der Waals surface area contributed by atoms with Crippen LogP contribution in [0, 0.1) is 5.41 Å². The molecule has 0 amide bonds. The third-order valence-corrected chi connectivity index (χ3v) is 2.31. The van der Waals surface area contributed by atoms with Gasteiger partial charge in [-0.05, 0) is 26.8 Å². The zero-order valence-electron chi connectivity index (χ0n) is 8.05. The van der Waals surface area contributed by atoms with Crippen molar-refractivity contribution in [3.63, 3.8) is 0 Å². The lowest BCUT2D eigenvalue weighted by atomic mass is 9.82. The Labute approximate surface area is 77.2 Å². The largest absolute Gasteiger partial charge is 0.367 e. The summed E-state index contributed by atoms with van der Waals surface area (Å²) < 4.78 is 0. The highest BCUT2D eigenvalue weighted by Gasteiger charge is 2.33. The van der Waals surface area contributed by atoms with Crippen molar-refractivity contribution in [2.45, 2.75) is 20.8 Å². The summed E-state index contributed by atoms with van der Waals surface area (Å²) in [4.78, 5) is 25.7. The molecule has 0 atom stereocenters. The van der Waals surface area contributed by atoms with E-state index >= 15 is 0 Å². The van der Waals surface area contributed by atoms with Gasteiger partial charge in [0.1, 0.15) is 5.78 Å². The van der Waals surface area contributed by atoms with E-state index < -0.39 is 5.41 Å². The van der Waals surface area contributed by atoms with Crippen LogP contribution < -0.4 is 0 Å². The predicted molar refractivity (Wildman–Crippen MR) is 49.6 cm³/mol. The summed E-state index contributed by atoms with van der Waals surface area (Å²) >= 11 is 0. The molecular formula is C10H13NO2. The molecule has 0 bridgehead atoms. The summed E-state index contributed by atoms with van der Waals surface area (Å²) in [5.74, 6) is -0.250. The van der Waals surface area contributed by atoms with Crippen LogP contribution in [0.2, 0.25) is 0 Å². The number of nitrogens with one attached hydrogen (secondary N) is 1. The standard InChI is InChI=1S/C10H13NO2/c1-7(12)10(2,3)9(13)8-4-5-11-6-8/h4-6,11H,1-3H3. The quantitative estimate of drug-likeness (QED) is 0.568. The van der Waals surface area contributed by atoms with Gasteiger partial charge in [0.25, 0.3) is 0 Å². The van der Waals surface area contributed by atoms with E-state index in [2.05, 4.69) is 4.98 Å². The fourth-order valence-electron chi connectivity index (χ4n) is 0.986. The minimum absolute atomic E-state index is 0.112. The van der Waals surface area contributed by atoms with Crippen LogP contribution in [0.3, 0.4) is 0 Å². The average molecular weight is 179 g/mol. The van der Waals surface area contributed by atoms with E-state index in [1.165, 1.54) is 6.92 Å². The average Bonchev–Trinajstić information content (AvgIpc) is 2.54. The maximum Gasteiger partial charge on any atom is 0.177 e. The topological polar surface area (TPSA) is 49.9 Å². The molecule has 70 valence electrons. The number of H-pyrrole nitrogens is 1. The van der Waals surface area contributed by atoms with E-state index in [-0.39, 0.29) is 11.6 Å². The van der Waals surface area contributed by atoms with E-state index in [9.17, 15) is 9.59 Å². The van der Waals surface area contributed by atoms with Gasteiger partial charge in [-0.15, -0.1) is 0 Å². The first-order valence-electron chi connectivity index (χ1n) is 4.15. The molecule has 0 aromatic carbocycles. The summed E-state index contributed by atoms with van der Waals surface area (Å²) in [7, 11) is 0. The van der Waals surface area contributed by atoms with Gasteiger partial charge in [-0.3, -0.25) is 9.59 Å². The summed E-state index contributed by atoms with van der Waals surface area (Å²) in [5, 5.41) is 0. The van der Waals surface area contributed by atoms with Gasteiger partial charge in [0.15, 0.2) is 5.78 Å². The molecule has 1 aromatic rings. The highest BCUT2D eigenvalue weighted by atomic mass is 16.2. The number of aromatic nitrogens is 1. The van der Waals surface area contributed by atoms with Gasteiger partial charge in [-0.2, -0.15) is 0 Å². The maximum atomic E-state index is 11.7. The number of aromatic amines is 1. The molecule has 0 saturated heterocycles. The normalized spacial score (nSPS) is 11.3. The third-order valence-electron chi connectivity index (χ3n) is 2.31. The van der Waals surface area contributed by atoms with Crippen molar-refractivity contribution >= 4 is 11.6 Å². The number of carbonyl (C=O) groups excluding carboxylic acids is 2. The minimum Gasteiger partial charge on any atom is -0.367 e. The molecule has 0 aliphatic rings. The van der Waals surface area contributed by atoms with E-state index in [4.69, 9.17) is 0 Å². The van der Waals surface area contributed by atoms with Gasteiger partial charge in [0.2, 0.25) is 0 Å². The highest BCUT2D eigenvalue weighted by Crippen LogP contribution is 2.22. The molecule has 0 unspecified atom stereocenters. The molecule has 1 aromatic heterocycles. The van der Waals surface area contributed by atoms with Crippen LogP contribution in [0.15, 0.2) is 18.5 Å². The molecule has 1 rings (SSSR count). The fourth-order valence-corrected chi connectivity index (χ4v) is 0.986. The lowest BCUT2D eigenvalue weighted by molar-refractivity contribution is -0.122. The first-order valence-corrected chi connectivity index (χ1v) is 4.15. The molecule has 0 aliphatic heterocycles. The molecular weight excluding hydrogens is 166 g/mol. The van der Waals surface area contributed by atoms with Gasteiger partial charge in [0, 0.05) is 18.0 Å². The maximum absolute atomic E-state index is 11.7. The second kappa shape index (κ2) is 3.17. The van der Waals surface area contributed by atoms with Crippen LogP contribution in [0.4, 0.5) is 0 Å². The molecule has 0 spiro atoms. The van der Waals surface area contributed by atoms with E-state index in [0.29, 0.717) is 5.56 Å². The van der Waals surface area contributed by atoms with E-state index in [0.717, 1.165) is 0 Å². The van der Waals surface area contributed by atoms with Crippen LogP contribution in [0.25, 0.3) is 0 Å². The molecule has 3 heteroatoms. The fraction of sp³-hybridized carbons (Fsp3) is 0.400. The Bertz CT molecular complexity index is 323. The highest BCUT2D eigenvalue weighted by molar-refractivity contribution is 6.13. The monoisotopic (exact) mass is 179 g/mol. The van der Waals surface area contributed by atoms with Gasteiger partial charge in [-0.25, -0.2) is 0 Å². The Morgan fingerprint density at radius 2 is 2.00 bits per heavy atom. The predicted octanol–water partition coefficient (Wildman–Crippen LogP) is 1.81. The number of ketones is 2. The summed E-state index contributed by atoms with van der Waals surface area (Å²) in [5.41, 5.74) is -0.359. The van der Waals surface area contributed by atoms with Gasteiger partial charge in [0.05, 0.1) is 5.41 Å². The molecule has 3 nitrogen and oxygen atoms in total. The first-order chi connectivity index (χ1) is 5.96. The Hall–Kier alpha value is -1.38. The molecule has 0 aliphatic carbocycles. The van der Waals surface area contributed by atoms with Gasteiger partial charge < -0.3 is 4.98 Å². The Morgan fingerprint density at radius 1 is 1.38 bits per heavy atom. The minimum atomic E-state index is -0.914. The Kier molecular flexibility index (Phi) is 2.36. The third kappa shape index (κ3) is 1.69. The number of Topliss-reactive ketones (excluding diaryl/α,β-unsaturated/α-hetero) is 2. The molecule has 13 heavy (non-hydrogen) atoms. The Morgan fingerprint density at radius 3 is 2.38 bits per heavy atom. The number of hydrogen-bond donors (Lipinski definition) is 1. The summed E-state index contributed by atoms with van der Waals surface area (Å²) in [6.07, 6.45) is 3.27. The van der Waals surface area contributed by atoms with Crippen molar-refractivity contribution in [1.29, 1.82) is 0 Å². The van der Waals surface area contributed by atoms with Gasteiger partial charge in [-0.1, -0.05) is 0 Å². The second-order valence-corrected chi connectivity index (χ2v) is 3.61. The molecule has 0 saturated carbocycles. The SMILES string of the molecule is CC(=O)C(C)(C)C(=O)c1cc[nH]c1. The van der Waals surface area contributed by atoms with Crippen molar-refractivity contribution in [1.82, 2.24) is 4.98 Å². The molecule has 0 radical (unpaired) electrons. The summed E-state index contributed by atoms with van der Waals surface area (Å²) in [6.45, 7) is 4.72. The summed E-state index contributed by atoms with van der Waals surface area (Å²) in [6, 6.07) is 1.67. The second-order valence-electron chi connectivity index (χ2n) is 3.61. The molecule has 1 N–H and O–H groups in total. The Balaban J connectivity index is 2.98. The van der Waals surface area contributed by atoms with Gasteiger partial charge >= 0.3 is 0 Å². The van der Waals surface area contributed by atoms with E-state index in [1.54, 1.807) is 32.3 Å². The van der Waals surface area contributed by atoms with Crippen molar-refractivity contribution in [3.8, 4) is 0 Å². The van der Waals surface area contributed by atoms with Crippen molar-refractivity contribution in [2.24, 2.45) is 5.41 Å². The first kappa shape index (κ1) is 9.71. The number of hydrogen-bond acceptors (Lipinski definition) is 2. The van der Waals surface area contributed by atoms with Crippen LogP contribution in [-0.4, -0.2) is 16.6 Å². The molecule has 0 fully saturated rings. The lowest BCUT2D eigenvalue weighted by Gasteiger charge is -2.18. The smallest absolute Gasteiger partial charge is 0.177 e. The van der Waals surface area contributed by atoms with Crippen molar-refractivity contribution in [2.75, 3.05) is 0 Å². The number of rotatable bonds is 3. The molecule has 1 heterocycles. The van der Waals surface area contributed by atoms with Crippen LogP contribution in [0.1, 0.15) is 31.1 Å². The van der Waals surface area contributed by atoms with Crippen LogP contribution in [-0.2, 0) is 4.79 Å². The van der Waals surface area contributed by atoms with E-state index in [1.807, 2.05) is 0 Å². The number of carbonyl (C=O) groups is 2.